The van der Waals surface area contributed by atoms with E-state index in [0.29, 0.717) is 31.6 Å². The van der Waals surface area contributed by atoms with Crippen LogP contribution in [0.5, 0.6) is 0 Å². The predicted octanol–water partition coefficient (Wildman–Crippen LogP) is 5.25. The zero-order valence-electron chi connectivity index (χ0n) is 22.6. The minimum absolute atomic E-state index is 0.0115. The van der Waals surface area contributed by atoms with Crippen molar-refractivity contribution >= 4 is 40.9 Å². The van der Waals surface area contributed by atoms with E-state index >= 15 is 0 Å². The van der Waals surface area contributed by atoms with Crippen LogP contribution >= 0.6 is 23.1 Å². The van der Waals surface area contributed by atoms with E-state index < -0.39 is 17.5 Å². The zero-order chi connectivity index (χ0) is 27.3. The molecule has 37 heavy (non-hydrogen) atoms. The smallest absolute Gasteiger partial charge is 0.357 e. The standard InChI is InChI=1S/C27H42N2O6S2/c1-5-8-9-10-21(30)13-11-20-12-14-23(31)29(20)15-18-36-26-28-22(19-37-26)24(32)34-16-17-35-25(33)27(4,6-2)7-3/h11,13,19-21,30H,5-10,12,14-18H2,1-4H3/b13-11+/t20-,21-/m0/s1. The topological polar surface area (TPSA) is 106 Å². The van der Waals surface area contributed by atoms with Gasteiger partial charge in [0.25, 0.3) is 0 Å². The molecule has 0 aromatic carbocycles. The molecule has 1 amide bonds. The molecule has 1 fully saturated rings. The number of hydrogen-bond acceptors (Lipinski definition) is 9. The minimum atomic E-state index is -0.551. The number of likely N-dealkylation sites (tertiary alicyclic amines) is 1. The van der Waals surface area contributed by atoms with Crippen LogP contribution in [0.25, 0.3) is 0 Å². The van der Waals surface area contributed by atoms with Gasteiger partial charge in [0.1, 0.15) is 13.2 Å². The third-order valence-electron chi connectivity index (χ3n) is 6.89. The first kappa shape index (κ1) is 31.3. The molecule has 0 radical (unpaired) electrons. The molecule has 2 heterocycles. The largest absolute Gasteiger partial charge is 0.462 e. The maximum Gasteiger partial charge on any atom is 0.357 e. The van der Waals surface area contributed by atoms with Crippen molar-refractivity contribution in [1.82, 2.24) is 9.88 Å². The molecule has 1 N–H and O–H groups in total. The van der Waals surface area contributed by atoms with Crippen molar-refractivity contribution in [2.24, 2.45) is 5.41 Å². The van der Waals surface area contributed by atoms with E-state index in [4.69, 9.17) is 9.47 Å². The number of unbranched alkanes of at least 4 members (excludes halogenated alkanes) is 2. The molecule has 0 unspecified atom stereocenters. The van der Waals surface area contributed by atoms with E-state index in [2.05, 4.69) is 11.9 Å². The number of carbonyl (C=O) groups excluding carboxylic acids is 3. The van der Waals surface area contributed by atoms with Gasteiger partial charge in [0.15, 0.2) is 10.0 Å². The Morgan fingerprint density at radius 3 is 2.70 bits per heavy atom. The number of hydrogen-bond donors (Lipinski definition) is 1. The number of ether oxygens (including phenoxy) is 2. The van der Waals surface area contributed by atoms with E-state index in [1.165, 1.54) is 23.1 Å². The highest BCUT2D eigenvalue weighted by Crippen LogP contribution is 2.27. The van der Waals surface area contributed by atoms with Gasteiger partial charge in [-0.05, 0) is 32.6 Å². The maximum atomic E-state index is 12.3. The molecule has 1 saturated heterocycles. The molecule has 0 saturated carbocycles. The van der Waals surface area contributed by atoms with Crippen molar-refractivity contribution in [1.29, 1.82) is 0 Å². The number of thioether (sulfide) groups is 1. The van der Waals surface area contributed by atoms with Crippen LogP contribution in [0.15, 0.2) is 21.9 Å². The van der Waals surface area contributed by atoms with Gasteiger partial charge in [-0.15, -0.1) is 11.3 Å². The van der Waals surface area contributed by atoms with Gasteiger partial charge in [0.2, 0.25) is 5.91 Å². The first-order valence-electron chi connectivity index (χ1n) is 13.3. The summed E-state index contributed by atoms with van der Waals surface area (Å²) in [6.45, 7) is 8.47. The van der Waals surface area contributed by atoms with Crippen LogP contribution in [0.3, 0.4) is 0 Å². The molecule has 1 aromatic rings. The second kappa shape index (κ2) is 16.1. The Morgan fingerprint density at radius 1 is 1.27 bits per heavy atom. The van der Waals surface area contributed by atoms with E-state index in [1.54, 1.807) is 5.38 Å². The van der Waals surface area contributed by atoms with E-state index in [-0.39, 0.29) is 36.8 Å². The normalized spacial score (nSPS) is 16.9. The number of thiazole rings is 1. The summed E-state index contributed by atoms with van der Waals surface area (Å²) in [5, 5.41) is 11.8. The predicted molar refractivity (Wildman–Crippen MR) is 147 cm³/mol. The third-order valence-corrected chi connectivity index (χ3v) is 8.89. The molecule has 1 aliphatic heterocycles. The molecule has 0 bridgehead atoms. The van der Waals surface area contributed by atoms with E-state index in [9.17, 15) is 19.5 Å². The zero-order valence-corrected chi connectivity index (χ0v) is 24.2. The first-order chi connectivity index (χ1) is 17.7. The summed E-state index contributed by atoms with van der Waals surface area (Å²) in [7, 11) is 0. The lowest BCUT2D eigenvalue weighted by Crippen LogP contribution is -2.33. The number of carbonyl (C=O) groups is 3. The van der Waals surface area contributed by atoms with Gasteiger partial charge in [-0.2, -0.15) is 0 Å². The summed E-state index contributed by atoms with van der Waals surface area (Å²) in [5.41, 5.74) is -0.294. The summed E-state index contributed by atoms with van der Waals surface area (Å²) in [5.74, 6) is -0.0534. The molecule has 0 aliphatic carbocycles. The lowest BCUT2D eigenvalue weighted by Gasteiger charge is -2.23. The Hall–Kier alpha value is -1.91. The van der Waals surface area contributed by atoms with Gasteiger partial charge in [-0.1, -0.05) is 63.9 Å². The molecule has 2 atom stereocenters. The monoisotopic (exact) mass is 554 g/mol. The van der Waals surface area contributed by atoms with Crippen molar-refractivity contribution < 1.29 is 29.0 Å². The van der Waals surface area contributed by atoms with Crippen molar-refractivity contribution in [3.8, 4) is 0 Å². The van der Waals surface area contributed by atoms with Crippen LogP contribution < -0.4 is 0 Å². The fraction of sp³-hybridized carbons (Fsp3) is 0.704. The van der Waals surface area contributed by atoms with E-state index in [0.717, 1.165) is 36.4 Å². The number of aromatic nitrogens is 1. The number of aliphatic hydroxyl groups excluding tert-OH is 1. The SMILES string of the molecule is CCCCC[C@H](O)/C=C/[C@H]1CCC(=O)N1CCSc1nc(C(=O)OCCOC(=O)C(C)(CC)CC)cs1. The summed E-state index contributed by atoms with van der Waals surface area (Å²) >= 11 is 2.84. The highest BCUT2D eigenvalue weighted by Gasteiger charge is 2.31. The highest BCUT2D eigenvalue weighted by molar-refractivity contribution is 8.01. The van der Waals surface area contributed by atoms with Gasteiger partial charge in [-0.25, -0.2) is 9.78 Å². The molecular weight excluding hydrogens is 512 g/mol. The van der Waals surface area contributed by atoms with Crippen molar-refractivity contribution in [3.05, 3.63) is 23.2 Å². The van der Waals surface area contributed by atoms with Gasteiger partial charge in [0, 0.05) is 24.1 Å². The molecule has 8 nitrogen and oxygen atoms in total. The second-order valence-corrected chi connectivity index (χ2v) is 11.7. The third kappa shape index (κ3) is 10.1. The van der Waals surface area contributed by atoms with Crippen molar-refractivity contribution in [3.63, 3.8) is 0 Å². The molecule has 208 valence electrons. The van der Waals surface area contributed by atoms with Crippen LogP contribution in [0, 0.1) is 5.41 Å². The van der Waals surface area contributed by atoms with E-state index in [1.807, 2.05) is 37.8 Å². The second-order valence-electron chi connectivity index (χ2n) is 9.53. The van der Waals surface area contributed by atoms with Crippen LogP contribution in [-0.4, -0.2) is 70.5 Å². The Balaban J connectivity index is 1.73. The molecular formula is C27H42N2O6S2. The fourth-order valence-electron chi connectivity index (χ4n) is 3.91. The number of esters is 2. The maximum absolute atomic E-state index is 12.3. The number of aliphatic hydroxyl groups is 1. The summed E-state index contributed by atoms with van der Waals surface area (Å²) in [6.07, 6.45) is 9.96. The highest BCUT2D eigenvalue weighted by atomic mass is 32.2. The Labute approximate surface area is 229 Å². The molecule has 0 spiro atoms. The van der Waals surface area contributed by atoms with Gasteiger partial charge >= 0.3 is 11.9 Å². The lowest BCUT2D eigenvalue weighted by atomic mass is 9.85. The Morgan fingerprint density at radius 2 is 2.00 bits per heavy atom. The average Bonchev–Trinajstić information content (AvgIpc) is 3.51. The van der Waals surface area contributed by atoms with Crippen LogP contribution in [-0.2, 0) is 19.1 Å². The van der Waals surface area contributed by atoms with Crippen molar-refractivity contribution in [2.45, 2.75) is 95.5 Å². The number of nitrogens with zero attached hydrogens (tertiary/aromatic N) is 2. The molecule has 10 heteroatoms. The van der Waals surface area contributed by atoms with Crippen molar-refractivity contribution in [2.75, 3.05) is 25.5 Å². The van der Waals surface area contributed by atoms with Crippen LogP contribution in [0.2, 0.25) is 0 Å². The number of rotatable bonds is 17. The average molecular weight is 555 g/mol. The molecule has 1 aliphatic rings. The molecule has 2 rings (SSSR count). The Kier molecular flexibility index (Phi) is 13.7. The first-order valence-corrected chi connectivity index (χ1v) is 15.2. The summed E-state index contributed by atoms with van der Waals surface area (Å²) in [4.78, 5) is 43.0. The minimum Gasteiger partial charge on any atom is -0.462 e. The number of amides is 1. The lowest BCUT2D eigenvalue weighted by molar-refractivity contribution is -0.156. The summed E-state index contributed by atoms with van der Waals surface area (Å²) < 4.78 is 11.2. The Bertz CT molecular complexity index is 899. The summed E-state index contributed by atoms with van der Waals surface area (Å²) in [6, 6.07) is 0.0115. The van der Waals surface area contributed by atoms with Gasteiger partial charge in [0.05, 0.1) is 17.6 Å². The van der Waals surface area contributed by atoms with Crippen LogP contribution in [0.4, 0.5) is 0 Å². The van der Waals surface area contributed by atoms with Crippen LogP contribution in [0.1, 0.15) is 89.5 Å². The molecule has 1 aromatic heterocycles. The van der Waals surface area contributed by atoms with Gasteiger partial charge < -0.3 is 19.5 Å². The fourth-order valence-corrected chi connectivity index (χ4v) is 5.71. The quantitative estimate of drug-likeness (QED) is 0.120. The van der Waals surface area contributed by atoms with Gasteiger partial charge in [-0.3, -0.25) is 9.59 Å².